The number of urea groups is 1. The van der Waals surface area contributed by atoms with Crippen molar-refractivity contribution in [3.63, 3.8) is 0 Å². The third-order valence-electron chi connectivity index (χ3n) is 4.53. The summed E-state index contributed by atoms with van der Waals surface area (Å²) in [5, 5.41) is 3.59. The van der Waals surface area contributed by atoms with Gasteiger partial charge in [0.1, 0.15) is 0 Å². The Balaban J connectivity index is 1.53. The van der Waals surface area contributed by atoms with Gasteiger partial charge in [-0.1, -0.05) is 41.9 Å². The van der Waals surface area contributed by atoms with E-state index in [1.54, 1.807) is 12.1 Å². The van der Waals surface area contributed by atoms with Crippen molar-refractivity contribution in [1.82, 2.24) is 9.80 Å². The van der Waals surface area contributed by atoms with Crippen LogP contribution >= 0.6 is 11.6 Å². The monoisotopic (exact) mass is 343 g/mol. The van der Waals surface area contributed by atoms with Gasteiger partial charge in [-0.05, 0) is 36.8 Å². The molecule has 3 rings (SSSR count). The van der Waals surface area contributed by atoms with E-state index in [1.807, 2.05) is 23.1 Å². The van der Waals surface area contributed by atoms with Crippen molar-refractivity contribution >= 4 is 23.3 Å². The molecule has 1 atom stereocenters. The van der Waals surface area contributed by atoms with Gasteiger partial charge in [-0.3, -0.25) is 4.90 Å². The van der Waals surface area contributed by atoms with Crippen molar-refractivity contribution in [2.24, 2.45) is 0 Å². The summed E-state index contributed by atoms with van der Waals surface area (Å²) in [7, 11) is 0. The van der Waals surface area contributed by atoms with Crippen molar-refractivity contribution in [3.8, 4) is 0 Å². The number of hydrogen-bond donors (Lipinski definition) is 1. The Bertz CT molecular complexity index is 667. The molecule has 0 spiro atoms. The van der Waals surface area contributed by atoms with Crippen LogP contribution in [0.3, 0.4) is 0 Å². The lowest BCUT2D eigenvalue weighted by Gasteiger charge is -2.38. The summed E-state index contributed by atoms with van der Waals surface area (Å²) in [4.78, 5) is 16.6. The zero-order chi connectivity index (χ0) is 16.9. The van der Waals surface area contributed by atoms with E-state index in [2.05, 4.69) is 41.4 Å². The highest BCUT2D eigenvalue weighted by molar-refractivity contribution is 6.30. The molecular weight excluding hydrogens is 322 g/mol. The van der Waals surface area contributed by atoms with E-state index in [0.29, 0.717) is 11.1 Å². The van der Waals surface area contributed by atoms with Gasteiger partial charge in [0, 0.05) is 42.9 Å². The minimum absolute atomic E-state index is 0.0515. The number of anilines is 1. The van der Waals surface area contributed by atoms with Crippen molar-refractivity contribution in [3.05, 3.63) is 65.2 Å². The standard InChI is InChI=1S/C19H22ClN3O/c1-15(16-5-3-2-4-6-16)22-11-13-23(14-12-22)19(24)21-18-9-7-17(20)8-10-18/h2-10,15H,11-14H2,1H3,(H,21,24). The molecule has 2 amide bonds. The Morgan fingerprint density at radius 1 is 1.00 bits per heavy atom. The second-order valence-electron chi connectivity index (χ2n) is 6.05. The normalized spacial score (nSPS) is 16.7. The van der Waals surface area contributed by atoms with Gasteiger partial charge in [0.25, 0.3) is 0 Å². The van der Waals surface area contributed by atoms with Crippen LogP contribution in [0.4, 0.5) is 10.5 Å². The Morgan fingerprint density at radius 3 is 2.25 bits per heavy atom. The van der Waals surface area contributed by atoms with Crippen LogP contribution in [0, 0.1) is 0 Å². The number of carbonyl (C=O) groups excluding carboxylic acids is 1. The molecule has 1 fully saturated rings. The summed E-state index contributed by atoms with van der Waals surface area (Å²) in [5.41, 5.74) is 2.08. The van der Waals surface area contributed by atoms with Crippen LogP contribution in [0.25, 0.3) is 0 Å². The molecule has 0 bridgehead atoms. The Morgan fingerprint density at radius 2 is 1.62 bits per heavy atom. The van der Waals surface area contributed by atoms with E-state index in [-0.39, 0.29) is 6.03 Å². The maximum Gasteiger partial charge on any atom is 0.321 e. The third-order valence-corrected chi connectivity index (χ3v) is 4.78. The summed E-state index contributed by atoms with van der Waals surface area (Å²) in [6.45, 7) is 5.44. The van der Waals surface area contributed by atoms with Crippen LogP contribution in [0.2, 0.25) is 5.02 Å². The average molecular weight is 344 g/mol. The first kappa shape index (κ1) is 16.8. The molecule has 0 aromatic heterocycles. The highest BCUT2D eigenvalue weighted by Crippen LogP contribution is 2.21. The predicted molar refractivity (Wildman–Crippen MR) is 98.5 cm³/mol. The number of halogens is 1. The van der Waals surface area contributed by atoms with Gasteiger partial charge in [-0.2, -0.15) is 0 Å². The molecule has 2 aromatic rings. The third kappa shape index (κ3) is 4.08. The van der Waals surface area contributed by atoms with Gasteiger partial charge < -0.3 is 10.2 Å². The largest absolute Gasteiger partial charge is 0.322 e. The van der Waals surface area contributed by atoms with Crippen LogP contribution in [-0.2, 0) is 0 Å². The van der Waals surface area contributed by atoms with E-state index in [0.717, 1.165) is 31.9 Å². The van der Waals surface area contributed by atoms with Crippen LogP contribution in [0.1, 0.15) is 18.5 Å². The molecule has 1 unspecified atom stereocenters. The first-order valence-corrected chi connectivity index (χ1v) is 8.62. The summed E-state index contributed by atoms with van der Waals surface area (Å²) in [5.74, 6) is 0. The Hall–Kier alpha value is -2.04. The van der Waals surface area contributed by atoms with Crippen LogP contribution in [-0.4, -0.2) is 42.0 Å². The molecule has 0 saturated carbocycles. The number of hydrogen-bond acceptors (Lipinski definition) is 2. The Labute approximate surface area is 148 Å². The minimum atomic E-state index is -0.0515. The fourth-order valence-electron chi connectivity index (χ4n) is 2.99. The van der Waals surface area contributed by atoms with Crippen molar-refractivity contribution < 1.29 is 4.79 Å². The zero-order valence-corrected chi connectivity index (χ0v) is 14.5. The van der Waals surface area contributed by atoms with Crippen LogP contribution < -0.4 is 5.32 Å². The molecule has 1 aliphatic rings. The molecule has 1 heterocycles. The zero-order valence-electron chi connectivity index (χ0n) is 13.8. The van der Waals surface area contributed by atoms with Crippen LogP contribution in [0.15, 0.2) is 54.6 Å². The lowest BCUT2D eigenvalue weighted by molar-refractivity contribution is 0.119. The van der Waals surface area contributed by atoms with Crippen molar-refractivity contribution in [2.75, 3.05) is 31.5 Å². The van der Waals surface area contributed by atoms with E-state index < -0.39 is 0 Å². The average Bonchev–Trinajstić information content (AvgIpc) is 2.64. The van der Waals surface area contributed by atoms with Gasteiger partial charge in [-0.25, -0.2) is 4.79 Å². The van der Waals surface area contributed by atoms with E-state index in [9.17, 15) is 4.79 Å². The summed E-state index contributed by atoms with van der Waals surface area (Å²) in [6, 6.07) is 18.0. The van der Waals surface area contributed by atoms with E-state index in [4.69, 9.17) is 11.6 Å². The highest BCUT2D eigenvalue weighted by atomic mass is 35.5. The second-order valence-corrected chi connectivity index (χ2v) is 6.48. The smallest absolute Gasteiger partial charge is 0.321 e. The van der Waals surface area contributed by atoms with Gasteiger partial charge in [0.05, 0.1) is 0 Å². The molecule has 2 aromatic carbocycles. The van der Waals surface area contributed by atoms with Crippen molar-refractivity contribution in [2.45, 2.75) is 13.0 Å². The SMILES string of the molecule is CC(c1ccccc1)N1CCN(C(=O)Nc2ccc(Cl)cc2)CC1. The summed E-state index contributed by atoms with van der Waals surface area (Å²) < 4.78 is 0. The lowest BCUT2D eigenvalue weighted by atomic mass is 10.1. The van der Waals surface area contributed by atoms with E-state index >= 15 is 0 Å². The Kier molecular flexibility index (Phi) is 5.38. The molecule has 126 valence electrons. The van der Waals surface area contributed by atoms with Crippen LogP contribution in [0.5, 0.6) is 0 Å². The van der Waals surface area contributed by atoms with Gasteiger partial charge in [0.15, 0.2) is 0 Å². The summed E-state index contributed by atoms with van der Waals surface area (Å²) in [6.07, 6.45) is 0. The number of nitrogens with zero attached hydrogens (tertiary/aromatic N) is 2. The second kappa shape index (κ2) is 7.69. The number of carbonyl (C=O) groups is 1. The molecule has 1 saturated heterocycles. The molecule has 24 heavy (non-hydrogen) atoms. The number of nitrogens with one attached hydrogen (secondary N) is 1. The highest BCUT2D eigenvalue weighted by Gasteiger charge is 2.24. The maximum atomic E-state index is 12.4. The molecule has 5 heteroatoms. The number of benzene rings is 2. The molecule has 1 N–H and O–H groups in total. The number of rotatable bonds is 3. The first-order valence-electron chi connectivity index (χ1n) is 8.24. The fraction of sp³-hybridized carbons (Fsp3) is 0.316. The molecular formula is C19H22ClN3O. The quantitative estimate of drug-likeness (QED) is 0.904. The lowest BCUT2D eigenvalue weighted by Crippen LogP contribution is -2.50. The minimum Gasteiger partial charge on any atom is -0.322 e. The molecule has 4 nitrogen and oxygen atoms in total. The predicted octanol–water partition coefficient (Wildman–Crippen LogP) is 4.25. The van der Waals surface area contributed by atoms with Gasteiger partial charge in [-0.15, -0.1) is 0 Å². The number of piperazine rings is 1. The topological polar surface area (TPSA) is 35.6 Å². The molecule has 0 radical (unpaired) electrons. The summed E-state index contributed by atoms with van der Waals surface area (Å²) >= 11 is 5.86. The van der Waals surface area contributed by atoms with Gasteiger partial charge >= 0.3 is 6.03 Å². The van der Waals surface area contributed by atoms with Crippen molar-refractivity contribution in [1.29, 1.82) is 0 Å². The first-order chi connectivity index (χ1) is 11.6. The van der Waals surface area contributed by atoms with Gasteiger partial charge in [0.2, 0.25) is 0 Å². The molecule has 1 aliphatic heterocycles. The maximum absolute atomic E-state index is 12.4. The molecule has 0 aliphatic carbocycles. The van der Waals surface area contributed by atoms with E-state index in [1.165, 1.54) is 5.56 Å². The fourth-order valence-corrected chi connectivity index (χ4v) is 3.12. The number of amides is 2.